The molecule has 0 saturated heterocycles. The van der Waals surface area contributed by atoms with Gasteiger partial charge in [0.05, 0.1) is 5.52 Å². The van der Waals surface area contributed by atoms with Crippen LogP contribution < -0.4 is 5.32 Å². The van der Waals surface area contributed by atoms with Gasteiger partial charge in [-0.25, -0.2) is 0 Å². The van der Waals surface area contributed by atoms with Gasteiger partial charge < -0.3 is 5.32 Å². The maximum Gasteiger partial charge on any atom is 0.0722 e. The van der Waals surface area contributed by atoms with Gasteiger partial charge >= 0.3 is 0 Å². The lowest BCUT2D eigenvalue weighted by Gasteiger charge is -2.18. The summed E-state index contributed by atoms with van der Waals surface area (Å²) in [7, 11) is 0. The fourth-order valence-electron chi connectivity index (χ4n) is 2.58. The molecule has 0 aliphatic rings. The van der Waals surface area contributed by atoms with E-state index in [1.807, 2.05) is 24.4 Å². The Bertz CT molecular complexity index is 772. The molecule has 0 bridgehead atoms. The summed E-state index contributed by atoms with van der Waals surface area (Å²) in [4.78, 5) is 4.41. The summed E-state index contributed by atoms with van der Waals surface area (Å²) in [6, 6.07) is 17.2. The number of aromatic nitrogens is 1. The first kappa shape index (κ1) is 13.6. The van der Waals surface area contributed by atoms with Gasteiger partial charge in [-0.15, -0.1) is 0 Å². The molecule has 0 aliphatic carbocycles. The summed E-state index contributed by atoms with van der Waals surface area (Å²) < 4.78 is 0. The molecule has 0 aliphatic heterocycles. The first-order chi connectivity index (χ1) is 10.1. The van der Waals surface area contributed by atoms with Crippen LogP contribution in [0.15, 0.2) is 54.7 Å². The summed E-state index contributed by atoms with van der Waals surface area (Å²) in [6.45, 7) is 6.50. The summed E-state index contributed by atoms with van der Waals surface area (Å²) in [5.41, 5.74) is 6.13. The molecule has 106 valence electrons. The number of rotatable bonds is 3. The molecule has 0 amide bonds. The van der Waals surface area contributed by atoms with E-state index in [9.17, 15) is 0 Å². The van der Waals surface area contributed by atoms with Crippen molar-refractivity contribution < 1.29 is 0 Å². The third-order valence-electron chi connectivity index (χ3n) is 4.05. The Morgan fingerprint density at radius 1 is 0.952 bits per heavy atom. The van der Waals surface area contributed by atoms with E-state index in [0.29, 0.717) is 0 Å². The van der Waals surface area contributed by atoms with E-state index in [-0.39, 0.29) is 6.04 Å². The molecule has 2 nitrogen and oxygen atoms in total. The number of fused-ring (bicyclic) bond motifs is 1. The second-order valence-corrected chi connectivity index (χ2v) is 5.59. The molecule has 1 heterocycles. The molecule has 21 heavy (non-hydrogen) atoms. The lowest BCUT2D eigenvalue weighted by atomic mass is 10.0. The van der Waals surface area contributed by atoms with E-state index in [1.54, 1.807) is 0 Å². The highest BCUT2D eigenvalue weighted by molar-refractivity contribution is 5.91. The Morgan fingerprint density at radius 2 is 1.81 bits per heavy atom. The van der Waals surface area contributed by atoms with Crippen molar-refractivity contribution in [3.63, 3.8) is 0 Å². The number of nitrogens with zero attached hydrogens (tertiary/aromatic N) is 1. The van der Waals surface area contributed by atoms with E-state index in [0.717, 1.165) is 16.6 Å². The Balaban J connectivity index is 1.92. The van der Waals surface area contributed by atoms with Crippen LogP contribution in [0.25, 0.3) is 10.9 Å². The highest BCUT2D eigenvalue weighted by Gasteiger charge is 2.08. The van der Waals surface area contributed by atoms with Gasteiger partial charge in [0.2, 0.25) is 0 Å². The van der Waals surface area contributed by atoms with Crippen LogP contribution in [0.5, 0.6) is 0 Å². The normalized spacial score (nSPS) is 12.3. The Labute approximate surface area is 125 Å². The fourth-order valence-corrected chi connectivity index (χ4v) is 2.58. The molecule has 1 atom stereocenters. The van der Waals surface area contributed by atoms with Crippen LogP contribution in [0, 0.1) is 13.8 Å². The van der Waals surface area contributed by atoms with Gasteiger partial charge in [-0.3, -0.25) is 4.98 Å². The van der Waals surface area contributed by atoms with Gasteiger partial charge in [-0.05, 0) is 61.7 Å². The Morgan fingerprint density at radius 3 is 2.62 bits per heavy atom. The quantitative estimate of drug-likeness (QED) is 0.726. The molecule has 1 N–H and O–H groups in total. The van der Waals surface area contributed by atoms with Gasteiger partial charge in [-0.2, -0.15) is 0 Å². The highest BCUT2D eigenvalue weighted by Crippen LogP contribution is 2.26. The summed E-state index contributed by atoms with van der Waals surface area (Å²) in [6.07, 6.45) is 1.83. The maximum atomic E-state index is 4.41. The zero-order chi connectivity index (χ0) is 14.8. The molecule has 2 aromatic carbocycles. The van der Waals surface area contributed by atoms with Crippen molar-refractivity contribution in [1.29, 1.82) is 0 Å². The van der Waals surface area contributed by atoms with Crippen molar-refractivity contribution in [3.05, 3.63) is 71.4 Å². The summed E-state index contributed by atoms with van der Waals surface area (Å²) in [5.74, 6) is 0. The average Bonchev–Trinajstić information content (AvgIpc) is 2.50. The minimum absolute atomic E-state index is 0.259. The minimum Gasteiger partial charge on any atom is -0.378 e. The van der Waals surface area contributed by atoms with Crippen molar-refractivity contribution in [3.8, 4) is 0 Å². The van der Waals surface area contributed by atoms with E-state index in [1.165, 1.54) is 16.7 Å². The lowest BCUT2D eigenvalue weighted by molar-refractivity contribution is 0.883. The molecular formula is C19H20N2. The SMILES string of the molecule is Cc1ccc(C(C)Nc2cccc3ncccc23)cc1C. The zero-order valence-electron chi connectivity index (χ0n) is 12.7. The number of hydrogen-bond acceptors (Lipinski definition) is 2. The van der Waals surface area contributed by atoms with Crippen LogP contribution >= 0.6 is 0 Å². The predicted octanol–water partition coefficient (Wildman–Crippen LogP) is 5.02. The molecule has 0 fully saturated rings. The second kappa shape index (κ2) is 5.57. The summed E-state index contributed by atoms with van der Waals surface area (Å²) in [5, 5.41) is 4.77. The lowest BCUT2D eigenvalue weighted by Crippen LogP contribution is -2.07. The Kier molecular flexibility index (Phi) is 3.61. The number of aryl methyl sites for hydroxylation is 2. The van der Waals surface area contributed by atoms with Crippen LogP contribution in [-0.2, 0) is 0 Å². The third-order valence-corrected chi connectivity index (χ3v) is 4.05. The highest BCUT2D eigenvalue weighted by atomic mass is 14.9. The van der Waals surface area contributed by atoms with Crippen LogP contribution in [-0.4, -0.2) is 4.98 Å². The van der Waals surface area contributed by atoms with Gasteiger partial charge in [0.25, 0.3) is 0 Å². The number of nitrogens with one attached hydrogen (secondary N) is 1. The van der Waals surface area contributed by atoms with Crippen LogP contribution in [0.2, 0.25) is 0 Å². The fraction of sp³-hybridized carbons (Fsp3) is 0.211. The van der Waals surface area contributed by atoms with Crippen LogP contribution in [0.1, 0.15) is 29.7 Å². The molecule has 2 heteroatoms. The van der Waals surface area contributed by atoms with Crippen molar-refractivity contribution in [2.45, 2.75) is 26.8 Å². The smallest absolute Gasteiger partial charge is 0.0722 e. The van der Waals surface area contributed by atoms with E-state index in [2.05, 4.69) is 61.4 Å². The zero-order valence-corrected chi connectivity index (χ0v) is 12.7. The number of pyridine rings is 1. The molecule has 3 rings (SSSR count). The number of anilines is 1. The number of benzene rings is 2. The molecule has 0 saturated carbocycles. The molecule has 0 spiro atoms. The van der Waals surface area contributed by atoms with Crippen molar-refractivity contribution in [2.75, 3.05) is 5.32 Å². The summed E-state index contributed by atoms with van der Waals surface area (Å²) >= 11 is 0. The second-order valence-electron chi connectivity index (χ2n) is 5.59. The van der Waals surface area contributed by atoms with E-state index >= 15 is 0 Å². The van der Waals surface area contributed by atoms with Gasteiger partial charge in [0.1, 0.15) is 0 Å². The molecule has 1 aromatic heterocycles. The molecular weight excluding hydrogens is 256 g/mol. The molecule has 1 unspecified atom stereocenters. The van der Waals surface area contributed by atoms with E-state index < -0.39 is 0 Å². The molecule has 0 radical (unpaired) electrons. The maximum absolute atomic E-state index is 4.41. The minimum atomic E-state index is 0.259. The standard InChI is InChI=1S/C19H20N2/c1-13-9-10-16(12-14(13)2)15(3)21-19-8-4-7-18-17(19)6-5-11-20-18/h4-12,15,21H,1-3H3. The van der Waals surface area contributed by atoms with Crippen molar-refractivity contribution in [2.24, 2.45) is 0 Å². The first-order valence-corrected chi connectivity index (χ1v) is 7.32. The monoisotopic (exact) mass is 276 g/mol. The van der Waals surface area contributed by atoms with Crippen molar-refractivity contribution in [1.82, 2.24) is 4.98 Å². The topological polar surface area (TPSA) is 24.9 Å². The third kappa shape index (κ3) is 2.75. The van der Waals surface area contributed by atoms with E-state index in [4.69, 9.17) is 0 Å². The van der Waals surface area contributed by atoms with Gasteiger partial charge in [0, 0.05) is 23.3 Å². The first-order valence-electron chi connectivity index (χ1n) is 7.32. The van der Waals surface area contributed by atoms with Gasteiger partial charge in [0.15, 0.2) is 0 Å². The van der Waals surface area contributed by atoms with Crippen LogP contribution in [0.3, 0.4) is 0 Å². The van der Waals surface area contributed by atoms with Gasteiger partial charge in [-0.1, -0.05) is 24.3 Å². The molecule has 3 aromatic rings. The van der Waals surface area contributed by atoms with Crippen LogP contribution in [0.4, 0.5) is 5.69 Å². The largest absolute Gasteiger partial charge is 0.378 e. The average molecular weight is 276 g/mol. The Hall–Kier alpha value is -2.35. The predicted molar refractivity (Wildman–Crippen MR) is 89.7 cm³/mol. The number of hydrogen-bond donors (Lipinski definition) is 1. The van der Waals surface area contributed by atoms with Crippen molar-refractivity contribution >= 4 is 16.6 Å².